The van der Waals surface area contributed by atoms with E-state index < -0.39 is 12.6 Å². The average Bonchev–Trinajstić information content (AvgIpc) is 2.51. The minimum absolute atomic E-state index is 0.628. The van der Waals surface area contributed by atoms with Crippen LogP contribution in [0.15, 0.2) is 29.0 Å². The molecule has 1 unspecified atom stereocenters. The SMILES string of the molecule is Cn1ccnc1S/C=C/C(F)C(F)F. The molecule has 0 radical (unpaired) electrons. The Morgan fingerprint density at radius 3 is 2.71 bits per heavy atom. The van der Waals surface area contributed by atoms with Crippen LogP contribution < -0.4 is 0 Å². The summed E-state index contributed by atoms with van der Waals surface area (Å²) >= 11 is 1.10. The molecule has 0 aliphatic rings. The topological polar surface area (TPSA) is 17.8 Å². The van der Waals surface area contributed by atoms with Gasteiger partial charge in [0.05, 0.1) is 0 Å². The maximum Gasteiger partial charge on any atom is 0.272 e. The minimum Gasteiger partial charge on any atom is -0.329 e. The van der Waals surface area contributed by atoms with Gasteiger partial charge >= 0.3 is 0 Å². The molecule has 0 aromatic carbocycles. The molecule has 0 N–H and O–H groups in total. The second kappa shape index (κ2) is 5.09. The van der Waals surface area contributed by atoms with Crippen molar-refractivity contribution >= 4 is 11.8 Å². The van der Waals surface area contributed by atoms with E-state index in [-0.39, 0.29) is 0 Å². The van der Waals surface area contributed by atoms with Crippen LogP contribution in [0.5, 0.6) is 0 Å². The van der Waals surface area contributed by atoms with Gasteiger partial charge in [0.15, 0.2) is 11.3 Å². The number of aryl methyl sites for hydroxylation is 1. The van der Waals surface area contributed by atoms with E-state index in [4.69, 9.17) is 0 Å². The van der Waals surface area contributed by atoms with Gasteiger partial charge in [-0.25, -0.2) is 18.2 Å². The molecule has 0 bridgehead atoms. The number of thioether (sulfide) groups is 1. The Balaban J connectivity index is 2.45. The van der Waals surface area contributed by atoms with Crippen molar-refractivity contribution in [1.82, 2.24) is 9.55 Å². The Morgan fingerprint density at radius 1 is 1.50 bits per heavy atom. The van der Waals surface area contributed by atoms with Crippen LogP contribution in [0.25, 0.3) is 0 Å². The molecule has 2 nitrogen and oxygen atoms in total. The van der Waals surface area contributed by atoms with Gasteiger partial charge in [0, 0.05) is 19.4 Å². The van der Waals surface area contributed by atoms with E-state index in [0.29, 0.717) is 5.16 Å². The monoisotopic (exact) mass is 222 g/mol. The van der Waals surface area contributed by atoms with Gasteiger partial charge in [0.2, 0.25) is 0 Å². The average molecular weight is 222 g/mol. The van der Waals surface area contributed by atoms with Crippen LogP contribution in [0.1, 0.15) is 0 Å². The third-order valence-corrected chi connectivity index (χ3v) is 2.35. The van der Waals surface area contributed by atoms with Crippen molar-refractivity contribution in [2.24, 2.45) is 7.05 Å². The molecule has 0 saturated carbocycles. The first kappa shape index (κ1) is 11.2. The molecule has 0 spiro atoms. The van der Waals surface area contributed by atoms with Gasteiger partial charge in [-0.05, 0) is 11.5 Å². The van der Waals surface area contributed by atoms with E-state index in [0.717, 1.165) is 17.8 Å². The van der Waals surface area contributed by atoms with E-state index in [1.165, 1.54) is 5.41 Å². The number of imidazole rings is 1. The lowest BCUT2D eigenvalue weighted by Gasteiger charge is -1.99. The highest BCUT2D eigenvalue weighted by molar-refractivity contribution is 8.02. The van der Waals surface area contributed by atoms with Crippen molar-refractivity contribution in [2.45, 2.75) is 17.8 Å². The van der Waals surface area contributed by atoms with Crippen molar-refractivity contribution in [1.29, 1.82) is 0 Å². The summed E-state index contributed by atoms with van der Waals surface area (Å²) in [5.41, 5.74) is 0. The quantitative estimate of drug-likeness (QED) is 0.729. The molecule has 78 valence electrons. The number of hydrogen-bond donors (Lipinski definition) is 0. The molecule has 1 rings (SSSR count). The van der Waals surface area contributed by atoms with E-state index >= 15 is 0 Å². The molecule has 1 atom stereocenters. The second-order valence-corrected chi connectivity index (χ2v) is 3.42. The number of hydrogen-bond acceptors (Lipinski definition) is 2. The highest BCUT2D eigenvalue weighted by atomic mass is 32.2. The summed E-state index contributed by atoms with van der Waals surface area (Å²) in [5.74, 6) is 0. The molecule has 0 saturated heterocycles. The summed E-state index contributed by atoms with van der Waals surface area (Å²) in [7, 11) is 1.77. The minimum atomic E-state index is -2.96. The molecule has 0 aliphatic heterocycles. The second-order valence-electron chi connectivity index (χ2n) is 2.55. The summed E-state index contributed by atoms with van der Waals surface area (Å²) in [5, 5.41) is 1.90. The molecule has 1 aromatic heterocycles. The van der Waals surface area contributed by atoms with Gasteiger partial charge < -0.3 is 4.57 Å². The Bertz CT molecular complexity index is 311. The largest absolute Gasteiger partial charge is 0.329 e. The van der Waals surface area contributed by atoms with Gasteiger partial charge in [0.1, 0.15) is 0 Å². The molecule has 6 heteroatoms. The van der Waals surface area contributed by atoms with Crippen LogP contribution in [0.4, 0.5) is 13.2 Å². The fourth-order valence-electron chi connectivity index (χ4n) is 0.725. The molecule has 0 aliphatic carbocycles. The van der Waals surface area contributed by atoms with Gasteiger partial charge in [-0.1, -0.05) is 11.8 Å². The molecule has 0 amide bonds. The summed E-state index contributed by atoms with van der Waals surface area (Å²) in [6.07, 6.45) is -1.05. The van der Waals surface area contributed by atoms with Crippen molar-refractivity contribution in [3.05, 3.63) is 23.9 Å². The van der Waals surface area contributed by atoms with Gasteiger partial charge in [0.25, 0.3) is 6.43 Å². The lowest BCUT2D eigenvalue weighted by atomic mass is 10.4. The summed E-state index contributed by atoms with van der Waals surface area (Å²) in [6, 6.07) is 0. The maximum atomic E-state index is 12.4. The highest BCUT2D eigenvalue weighted by Gasteiger charge is 2.14. The van der Waals surface area contributed by atoms with E-state index in [1.54, 1.807) is 24.0 Å². The molecule has 0 fully saturated rings. The maximum absolute atomic E-state index is 12.4. The standard InChI is InChI=1S/C8H9F3N2S/c1-13-4-3-12-8(13)14-5-2-6(9)7(10)11/h2-7H,1H3/b5-2+. The summed E-state index contributed by atoms with van der Waals surface area (Å²) < 4.78 is 37.5. The van der Waals surface area contributed by atoms with Crippen molar-refractivity contribution in [3.8, 4) is 0 Å². The van der Waals surface area contributed by atoms with Crippen LogP contribution in [0, 0.1) is 0 Å². The Labute approximate surface area is 83.8 Å². The predicted octanol–water partition coefficient (Wildman–Crippen LogP) is 2.63. The summed E-state index contributed by atoms with van der Waals surface area (Å²) in [4.78, 5) is 3.92. The van der Waals surface area contributed by atoms with Crippen LogP contribution >= 0.6 is 11.8 Å². The van der Waals surface area contributed by atoms with E-state index in [1.807, 2.05) is 0 Å². The van der Waals surface area contributed by atoms with Crippen molar-refractivity contribution in [2.75, 3.05) is 0 Å². The number of rotatable bonds is 4. The number of nitrogens with zero attached hydrogens (tertiary/aromatic N) is 2. The Kier molecular flexibility index (Phi) is 4.06. The lowest BCUT2D eigenvalue weighted by molar-refractivity contribution is 0.0751. The first-order valence-electron chi connectivity index (χ1n) is 3.84. The molecule has 1 heterocycles. The zero-order chi connectivity index (χ0) is 10.6. The molecule has 1 aromatic rings. The molecular weight excluding hydrogens is 213 g/mol. The van der Waals surface area contributed by atoms with Crippen molar-refractivity contribution in [3.63, 3.8) is 0 Å². The number of allylic oxidation sites excluding steroid dienone is 1. The van der Waals surface area contributed by atoms with Gasteiger partial charge in [-0.3, -0.25) is 0 Å². The van der Waals surface area contributed by atoms with E-state index in [2.05, 4.69) is 4.98 Å². The van der Waals surface area contributed by atoms with Crippen LogP contribution in [-0.4, -0.2) is 22.1 Å². The zero-order valence-corrected chi connectivity index (χ0v) is 8.22. The number of aromatic nitrogens is 2. The number of alkyl halides is 3. The fourth-order valence-corrected chi connectivity index (χ4v) is 1.42. The predicted molar refractivity (Wildman–Crippen MR) is 49.1 cm³/mol. The Hall–Kier alpha value is -0.910. The van der Waals surface area contributed by atoms with Crippen LogP contribution in [0.2, 0.25) is 0 Å². The van der Waals surface area contributed by atoms with E-state index in [9.17, 15) is 13.2 Å². The molecule has 14 heavy (non-hydrogen) atoms. The number of halogens is 3. The first-order valence-corrected chi connectivity index (χ1v) is 4.72. The van der Waals surface area contributed by atoms with Gasteiger partial charge in [-0.2, -0.15) is 0 Å². The Morgan fingerprint density at radius 2 is 2.21 bits per heavy atom. The van der Waals surface area contributed by atoms with Gasteiger partial charge in [-0.15, -0.1) is 0 Å². The van der Waals surface area contributed by atoms with Crippen LogP contribution in [-0.2, 0) is 7.05 Å². The smallest absolute Gasteiger partial charge is 0.272 e. The fraction of sp³-hybridized carbons (Fsp3) is 0.375. The first-order chi connectivity index (χ1) is 6.61. The molecular formula is C8H9F3N2S. The lowest BCUT2D eigenvalue weighted by Crippen LogP contribution is -2.07. The third kappa shape index (κ3) is 3.10. The van der Waals surface area contributed by atoms with Crippen molar-refractivity contribution < 1.29 is 13.2 Å². The zero-order valence-electron chi connectivity index (χ0n) is 7.40. The summed E-state index contributed by atoms with van der Waals surface area (Å²) in [6.45, 7) is 0. The van der Waals surface area contributed by atoms with Crippen LogP contribution in [0.3, 0.4) is 0 Å². The highest BCUT2D eigenvalue weighted by Crippen LogP contribution is 2.17. The normalized spacial score (nSPS) is 14.1. The third-order valence-electron chi connectivity index (χ3n) is 1.45.